The van der Waals surface area contributed by atoms with Gasteiger partial charge in [0.05, 0.1) is 5.76 Å². The van der Waals surface area contributed by atoms with Crippen LogP contribution in [-0.4, -0.2) is 22.6 Å². The van der Waals surface area contributed by atoms with Crippen molar-refractivity contribution in [1.82, 2.24) is 4.98 Å². The Morgan fingerprint density at radius 2 is 1.65 bits per heavy atom. The van der Waals surface area contributed by atoms with Crippen molar-refractivity contribution in [3.63, 3.8) is 0 Å². The fraction of sp³-hybridized carbons (Fsp3) is 0.214. The number of para-hydroxylation sites is 1. The molecule has 6 heteroatoms. The molecule has 0 aliphatic carbocycles. The molecule has 0 saturated heterocycles. The van der Waals surface area contributed by atoms with Crippen molar-refractivity contribution >= 4 is 34.9 Å². The van der Waals surface area contributed by atoms with Crippen LogP contribution in [0.4, 0.5) is 11.5 Å². The van der Waals surface area contributed by atoms with Crippen molar-refractivity contribution in [2.45, 2.75) is 41.5 Å². The fourth-order valence-corrected chi connectivity index (χ4v) is 4.31. The first-order valence-electron chi connectivity index (χ1n) is 11.0. The van der Waals surface area contributed by atoms with E-state index < -0.39 is 0 Å². The number of aliphatic hydroxyl groups is 1. The Morgan fingerprint density at radius 1 is 1.00 bits per heavy atom. The number of fused-ring (bicyclic) bond motifs is 1. The number of anilines is 2. The van der Waals surface area contributed by atoms with Crippen molar-refractivity contribution in [2.24, 2.45) is 0 Å². The van der Waals surface area contributed by atoms with Crippen molar-refractivity contribution in [3.05, 3.63) is 101 Å². The smallest absolute Gasteiger partial charge is 0.212 e. The van der Waals surface area contributed by atoms with Gasteiger partial charge in [-0.3, -0.25) is 4.79 Å². The summed E-state index contributed by atoms with van der Waals surface area (Å²) in [5, 5.41) is 8.36. The molecule has 4 nitrogen and oxygen atoms in total. The van der Waals surface area contributed by atoms with Gasteiger partial charge in [-0.25, -0.2) is 0 Å². The second kappa shape index (κ2) is 12.0. The van der Waals surface area contributed by atoms with E-state index in [1.165, 1.54) is 53.1 Å². The zero-order valence-corrected chi connectivity index (χ0v) is 22.8. The number of carbonyl (C=O) groups excluding carboxylic acids is 1. The minimum atomic E-state index is -0.125. The van der Waals surface area contributed by atoms with Crippen molar-refractivity contribution in [3.8, 4) is 0 Å². The van der Waals surface area contributed by atoms with Crippen molar-refractivity contribution < 1.29 is 31.0 Å². The van der Waals surface area contributed by atoms with Crippen LogP contribution < -0.4 is 15.8 Å². The van der Waals surface area contributed by atoms with Crippen molar-refractivity contribution in [2.75, 3.05) is 4.90 Å². The van der Waals surface area contributed by atoms with Gasteiger partial charge < -0.3 is 15.0 Å². The summed E-state index contributed by atoms with van der Waals surface area (Å²) in [4.78, 5) is 16.6. The molecule has 0 amide bonds. The van der Waals surface area contributed by atoms with E-state index in [0.29, 0.717) is 0 Å². The Kier molecular flexibility index (Phi) is 9.64. The van der Waals surface area contributed by atoms with Crippen LogP contribution in [0.2, 0.25) is 0 Å². The van der Waals surface area contributed by atoms with Gasteiger partial charge in [0.2, 0.25) is 6.71 Å². The molecule has 0 fully saturated rings. The monoisotopic (exact) mass is 632 g/mol. The summed E-state index contributed by atoms with van der Waals surface area (Å²) >= 11 is 0. The number of rotatable bonds is 3. The van der Waals surface area contributed by atoms with E-state index >= 15 is 0 Å². The number of ketones is 1. The van der Waals surface area contributed by atoms with Crippen LogP contribution in [-0.2, 0) is 25.9 Å². The summed E-state index contributed by atoms with van der Waals surface area (Å²) in [5.74, 6) is 3.02. The molecule has 1 aliphatic heterocycles. The molecule has 178 valence electrons. The van der Waals surface area contributed by atoms with E-state index in [1.54, 1.807) is 0 Å². The van der Waals surface area contributed by atoms with Crippen LogP contribution in [0.15, 0.2) is 72.5 Å². The summed E-state index contributed by atoms with van der Waals surface area (Å²) in [6.45, 7) is 11.7. The first kappa shape index (κ1) is 27.3. The predicted octanol–water partition coefficient (Wildman–Crippen LogP) is 4.97. The molecule has 0 spiro atoms. The Morgan fingerprint density at radius 3 is 2.21 bits per heavy atom. The number of nitrogens with zero attached hydrogens (tertiary/aromatic N) is 2. The molecule has 0 unspecified atom stereocenters. The van der Waals surface area contributed by atoms with Gasteiger partial charge in [-0.15, -0.1) is 17.6 Å². The fourth-order valence-electron chi connectivity index (χ4n) is 4.31. The average molecular weight is 632 g/mol. The normalized spacial score (nSPS) is 12.4. The van der Waals surface area contributed by atoms with Crippen LogP contribution in [0.3, 0.4) is 0 Å². The number of benzene rings is 2. The van der Waals surface area contributed by atoms with Crippen LogP contribution in [0.1, 0.15) is 36.1 Å². The number of aliphatic hydroxyl groups excluding tert-OH is 1. The number of hydrogen-bond acceptors (Lipinski definition) is 4. The molecule has 1 aromatic heterocycles. The van der Waals surface area contributed by atoms with Gasteiger partial charge in [-0.1, -0.05) is 75.9 Å². The topological polar surface area (TPSA) is 53.4 Å². The Labute approximate surface area is 217 Å². The molecule has 0 bridgehead atoms. The van der Waals surface area contributed by atoms with Gasteiger partial charge in [0.25, 0.3) is 0 Å². The average Bonchev–Trinajstić information content (AvgIpc) is 2.72. The van der Waals surface area contributed by atoms with E-state index in [0.717, 1.165) is 11.5 Å². The summed E-state index contributed by atoms with van der Waals surface area (Å²) in [6, 6.07) is 17.2. The minimum absolute atomic E-state index is 0. The SMILES string of the molecule is CC(=O)/C=C(/C)O.Cc1ccnc(N2[C-]=CB(c3c(C)cc(C)cc3C)c3ccccc32)c1.[Pt]. The van der Waals surface area contributed by atoms with E-state index in [1.807, 2.05) is 12.3 Å². The summed E-state index contributed by atoms with van der Waals surface area (Å²) in [6.07, 6.45) is 6.51. The van der Waals surface area contributed by atoms with Gasteiger partial charge in [-0.2, -0.15) is 0 Å². The van der Waals surface area contributed by atoms with Gasteiger partial charge in [0.1, 0.15) is 0 Å². The van der Waals surface area contributed by atoms with Crippen LogP contribution in [0.5, 0.6) is 0 Å². The zero-order chi connectivity index (χ0) is 24.1. The Balaban J connectivity index is 0.000000449. The number of carbonyl (C=O) groups is 1. The maximum Gasteiger partial charge on any atom is 0.212 e. The third-order valence-corrected chi connectivity index (χ3v) is 5.47. The maximum atomic E-state index is 10.0. The largest absolute Gasteiger partial charge is 0.512 e. The minimum Gasteiger partial charge on any atom is -0.512 e. The summed E-state index contributed by atoms with van der Waals surface area (Å²) in [7, 11) is 0. The summed E-state index contributed by atoms with van der Waals surface area (Å²) in [5.41, 5.74) is 9.01. The molecule has 1 N–H and O–H groups in total. The van der Waals surface area contributed by atoms with Gasteiger partial charge in [0, 0.05) is 39.2 Å². The second-order valence-corrected chi connectivity index (χ2v) is 8.57. The van der Waals surface area contributed by atoms with Crippen LogP contribution >= 0.6 is 0 Å². The Bertz CT molecular complexity index is 1210. The Hall–Kier alpha value is -2.91. The molecule has 2 heterocycles. The van der Waals surface area contributed by atoms with Crippen LogP contribution in [0.25, 0.3) is 0 Å². The first-order valence-corrected chi connectivity index (χ1v) is 11.0. The molecule has 3 aromatic rings. The third-order valence-electron chi connectivity index (χ3n) is 5.47. The molecule has 0 saturated carbocycles. The summed E-state index contributed by atoms with van der Waals surface area (Å²) < 4.78 is 0. The van der Waals surface area contributed by atoms with Gasteiger partial charge in [0.15, 0.2) is 5.78 Å². The van der Waals surface area contributed by atoms with E-state index in [2.05, 4.69) is 92.2 Å². The first-order chi connectivity index (χ1) is 15.7. The number of pyridine rings is 1. The third kappa shape index (κ3) is 6.58. The number of hydrogen-bond donors (Lipinski definition) is 1. The van der Waals surface area contributed by atoms with Crippen molar-refractivity contribution in [1.29, 1.82) is 0 Å². The van der Waals surface area contributed by atoms with Gasteiger partial charge >= 0.3 is 0 Å². The number of aromatic nitrogens is 1. The van der Waals surface area contributed by atoms with E-state index in [-0.39, 0.29) is 39.3 Å². The van der Waals surface area contributed by atoms with E-state index in [9.17, 15) is 4.79 Å². The predicted molar refractivity (Wildman–Crippen MR) is 138 cm³/mol. The molecular weight excluding hydrogens is 602 g/mol. The number of allylic oxidation sites excluding steroid dienone is 2. The quantitative estimate of drug-likeness (QED) is 0.192. The van der Waals surface area contributed by atoms with E-state index in [4.69, 9.17) is 5.11 Å². The zero-order valence-electron chi connectivity index (χ0n) is 20.5. The molecule has 2 aromatic carbocycles. The van der Waals surface area contributed by atoms with Crippen LogP contribution in [0, 0.1) is 33.9 Å². The molecule has 4 rings (SSSR count). The second-order valence-electron chi connectivity index (χ2n) is 8.57. The van der Waals surface area contributed by atoms with Gasteiger partial charge in [-0.05, 0) is 47.6 Å². The number of aryl methyl sites for hydroxylation is 4. The molecular formula is C28H30BN2O2Pt-. The molecule has 34 heavy (non-hydrogen) atoms. The molecule has 1 aliphatic rings. The standard InChI is InChI=1S/C23H22BN2.C5H8O2.Pt/c1-16-9-11-25-22(15-16)26-12-10-24(20-7-5-6-8-21(20)26)23-18(3)13-17(2)14-19(23)4;1-4(6)3-5(2)7;/h5-11,13-15H,1-4H3;3,6H,1-2H3;/q-1;;/b;4-3-;. The molecule has 0 atom stereocenters. The molecule has 0 radical (unpaired) electrons. The maximum absolute atomic E-state index is 10.0.